The molecule has 0 aliphatic rings. The second-order valence-corrected chi connectivity index (χ2v) is 19.7. The van der Waals surface area contributed by atoms with Crippen molar-refractivity contribution < 1.29 is 0 Å². The van der Waals surface area contributed by atoms with Gasteiger partial charge in [0.1, 0.15) is 0 Å². The fraction of sp³-hybridized carbons (Fsp3) is 0.0667. The molecule has 6 heteroatoms. The first kappa shape index (κ1) is 38.5. The highest BCUT2D eigenvalue weighted by atomic mass is 32.1. The van der Waals surface area contributed by atoms with Crippen LogP contribution in [0.3, 0.4) is 0 Å². The summed E-state index contributed by atoms with van der Waals surface area (Å²) in [5, 5.41) is 21.1. The normalized spacial score (nSPS) is 11.9. The van der Waals surface area contributed by atoms with Crippen LogP contribution < -0.4 is 0 Å². The molecule has 66 heavy (non-hydrogen) atoms. The molecule has 4 aromatic heterocycles. The van der Waals surface area contributed by atoms with Crippen molar-refractivity contribution >= 4 is 112 Å². The summed E-state index contributed by atoms with van der Waals surface area (Å²) in [5.41, 5.74) is 14.7. The molecule has 4 heterocycles. The topological polar surface area (TPSA) is 38.0 Å². The first-order valence-electron chi connectivity index (χ1n) is 22.2. The van der Waals surface area contributed by atoms with Crippen molar-refractivity contribution in [2.24, 2.45) is 0 Å². The van der Waals surface area contributed by atoms with E-state index >= 15 is 0 Å². The number of nitrogens with zero attached hydrogens (tertiary/aromatic N) is 4. The second kappa shape index (κ2) is 14.3. The lowest BCUT2D eigenvalue weighted by atomic mass is 9.88. The molecule has 0 saturated heterocycles. The monoisotopic (exact) mass is 878 g/mol. The fourth-order valence-electron chi connectivity index (χ4n) is 10.7. The molecule has 0 aliphatic carbocycles. The summed E-state index contributed by atoms with van der Waals surface area (Å²) < 4.78 is 9.77. The summed E-state index contributed by atoms with van der Waals surface area (Å²) in [7, 11) is 0. The van der Waals surface area contributed by atoms with Gasteiger partial charge in [0.25, 0.3) is 0 Å². The van der Waals surface area contributed by atoms with Crippen LogP contribution in [0.5, 0.6) is 0 Å². The third-order valence-corrected chi connectivity index (χ3v) is 16.4. The maximum Gasteiger partial charge on any atom is 0.215 e. The van der Waals surface area contributed by atoms with Crippen LogP contribution in [-0.4, -0.2) is 9.13 Å². The molecule has 0 fully saturated rings. The molecule has 310 valence electrons. The number of aromatic nitrogens is 2. The predicted molar refractivity (Wildman–Crippen MR) is 282 cm³/mol. The smallest absolute Gasteiger partial charge is 0.215 e. The Morgan fingerprint density at radius 2 is 0.864 bits per heavy atom. The van der Waals surface area contributed by atoms with Crippen molar-refractivity contribution in [2.75, 3.05) is 0 Å². The van der Waals surface area contributed by atoms with E-state index in [1.165, 1.54) is 62.6 Å². The zero-order valence-electron chi connectivity index (χ0n) is 36.6. The third kappa shape index (κ3) is 5.23. The van der Waals surface area contributed by atoms with Crippen molar-refractivity contribution in [3.05, 3.63) is 197 Å². The number of hydrogen-bond acceptors (Lipinski definition) is 3. The van der Waals surface area contributed by atoms with Gasteiger partial charge in [0.05, 0.1) is 61.0 Å². The van der Waals surface area contributed by atoms with E-state index in [1.54, 1.807) is 0 Å². The van der Waals surface area contributed by atoms with Crippen LogP contribution in [0.1, 0.15) is 27.8 Å². The molecule has 0 bridgehead atoms. The minimum absolute atomic E-state index is 0.337. The zero-order valence-corrected chi connectivity index (χ0v) is 38.2. The number of nitriles is 1. The van der Waals surface area contributed by atoms with Gasteiger partial charge in [-0.05, 0) is 97.5 Å². The van der Waals surface area contributed by atoms with Crippen LogP contribution >= 0.6 is 22.7 Å². The van der Waals surface area contributed by atoms with Crippen LogP contribution in [0, 0.1) is 45.6 Å². The van der Waals surface area contributed by atoms with Crippen molar-refractivity contribution in [3.63, 3.8) is 0 Å². The Bertz CT molecular complexity index is 4060. The van der Waals surface area contributed by atoms with E-state index in [1.807, 2.05) is 59.1 Å². The molecular weight excluding hydrogens is 841 g/mol. The van der Waals surface area contributed by atoms with E-state index in [9.17, 15) is 5.26 Å². The quantitative estimate of drug-likeness (QED) is 0.162. The minimum Gasteiger partial charge on any atom is -0.306 e. The van der Waals surface area contributed by atoms with Crippen molar-refractivity contribution in [3.8, 4) is 39.7 Å². The molecule has 0 radical (unpaired) electrons. The maximum absolute atomic E-state index is 11.7. The largest absolute Gasteiger partial charge is 0.306 e. The standard InChI is InChI=1S/C60H38N4S2/c1-33-28-45-41-24-26-43-39-20-12-14-22-50(39)65-59(43)55(41)63(48(45)30-35(33)3)57-52(37-16-8-6-9-17-37)47(32-61)54(62-5)53(38-18-10-7-11-19-38)58(57)64-49-31-36(4)34(2)29-46(49)42-25-27-44-40-21-13-15-23-51(40)66-60(44)56(42)64/h6-31H,1-4H3. The summed E-state index contributed by atoms with van der Waals surface area (Å²) in [5.74, 6) is 0. The van der Waals surface area contributed by atoms with Crippen molar-refractivity contribution in [1.82, 2.24) is 9.13 Å². The van der Waals surface area contributed by atoms with E-state index in [4.69, 9.17) is 6.57 Å². The van der Waals surface area contributed by atoms with Crippen LogP contribution in [0.25, 0.3) is 122 Å². The highest BCUT2D eigenvalue weighted by molar-refractivity contribution is 7.27. The van der Waals surface area contributed by atoms with E-state index in [2.05, 4.69) is 169 Å². The predicted octanol–water partition coefficient (Wildman–Crippen LogP) is 17.6. The number of thiophene rings is 2. The van der Waals surface area contributed by atoms with Crippen LogP contribution in [-0.2, 0) is 0 Å². The molecule has 0 atom stereocenters. The fourth-order valence-corrected chi connectivity index (χ4v) is 13.1. The Kier molecular flexibility index (Phi) is 8.30. The van der Waals surface area contributed by atoms with E-state index in [0.29, 0.717) is 11.3 Å². The molecule has 0 amide bonds. The lowest BCUT2D eigenvalue weighted by Gasteiger charge is -2.27. The Morgan fingerprint density at radius 1 is 0.455 bits per heavy atom. The summed E-state index contributed by atoms with van der Waals surface area (Å²) in [6.07, 6.45) is 0. The Hall–Kier alpha value is -8.00. The van der Waals surface area contributed by atoms with Crippen LogP contribution in [0.15, 0.2) is 158 Å². The van der Waals surface area contributed by atoms with E-state index in [0.717, 1.165) is 77.2 Å². The summed E-state index contributed by atoms with van der Waals surface area (Å²) in [6, 6.07) is 59.2. The maximum atomic E-state index is 11.7. The highest BCUT2D eigenvalue weighted by Gasteiger charge is 2.33. The molecule has 0 N–H and O–H groups in total. The van der Waals surface area contributed by atoms with Crippen molar-refractivity contribution in [1.29, 1.82) is 5.26 Å². The first-order chi connectivity index (χ1) is 32.3. The number of benzene rings is 9. The Morgan fingerprint density at radius 3 is 1.33 bits per heavy atom. The molecule has 0 spiro atoms. The second-order valence-electron chi connectivity index (χ2n) is 17.6. The Labute approximate surface area is 388 Å². The Balaban J connectivity index is 1.40. The minimum atomic E-state index is 0.337. The molecule has 13 aromatic rings. The van der Waals surface area contributed by atoms with Gasteiger partial charge in [-0.3, -0.25) is 0 Å². The summed E-state index contributed by atoms with van der Waals surface area (Å²) in [6.45, 7) is 17.9. The number of aryl methyl sites for hydroxylation is 4. The summed E-state index contributed by atoms with van der Waals surface area (Å²) in [4.78, 5) is 4.42. The highest BCUT2D eigenvalue weighted by Crippen LogP contribution is 2.54. The number of hydrogen-bond donors (Lipinski definition) is 0. The number of fused-ring (bicyclic) bond motifs is 14. The SMILES string of the molecule is [C-]#[N+]c1c(C#N)c(-c2ccccc2)c(-n2c3cc(C)c(C)cc3c3ccc4c5ccccc5sc4c32)c(-n2c3cc(C)c(C)cc3c3ccc4c5ccccc5sc4c32)c1-c1ccccc1. The lowest BCUT2D eigenvalue weighted by molar-refractivity contribution is 1.10. The molecule has 4 nitrogen and oxygen atoms in total. The zero-order chi connectivity index (χ0) is 44.5. The van der Waals surface area contributed by atoms with Gasteiger partial charge in [-0.1, -0.05) is 121 Å². The molecule has 0 saturated carbocycles. The lowest BCUT2D eigenvalue weighted by Crippen LogP contribution is -2.10. The molecule has 13 rings (SSSR count). The van der Waals surface area contributed by atoms with Gasteiger partial charge in [0.2, 0.25) is 5.69 Å². The van der Waals surface area contributed by atoms with Crippen LogP contribution in [0.2, 0.25) is 0 Å². The summed E-state index contributed by atoms with van der Waals surface area (Å²) >= 11 is 3.64. The first-order valence-corrected chi connectivity index (χ1v) is 23.8. The van der Waals surface area contributed by atoms with Gasteiger partial charge in [-0.15, -0.1) is 22.7 Å². The van der Waals surface area contributed by atoms with Gasteiger partial charge in [0, 0.05) is 63.6 Å². The van der Waals surface area contributed by atoms with Gasteiger partial charge in [-0.2, -0.15) is 5.26 Å². The van der Waals surface area contributed by atoms with Crippen LogP contribution in [0.4, 0.5) is 5.69 Å². The average Bonchev–Trinajstić information content (AvgIpc) is 4.09. The van der Waals surface area contributed by atoms with E-state index in [-0.39, 0.29) is 0 Å². The average molecular weight is 879 g/mol. The molecule has 9 aromatic carbocycles. The van der Waals surface area contributed by atoms with Gasteiger partial charge < -0.3 is 9.13 Å². The number of rotatable bonds is 4. The van der Waals surface area contributed by atoms with Crippen molar-refractivity contribution in [2.45, 2.75) is 27.7 Å². The van der Waals surface area contributed by atoms with Gasteiger partial charge in [-0.25, -0.2) is 4.85 Å². The molecule has 0 aliphatic heterocycles. The molecule has 0 unspecified atom stereocenters. The van der Waals surface area contributed by atoms with Gasteiger partial charge >= 0.3 is 0 Å². The third-order valence-electron chi connectivity index (χ3n) is 14.0. The molecular formula is C60H38N4S2. The van der Waals surface area contributed by atoms with Gasteiger partial charge in [0.15, 0.2) is 0 Å². The van der Waals surface area contributed by atoms with E-state index < -0.39 is 0 Å².